The number of nitrogens with zero attached hydrogens (tertiary/aromatic N) is 1. The van der Waals surface area contributed by atoms with E-state index >= 15 is 0 Å². The first-order valence-electron chi connectivity index (χ1n) is 11.0. The van der Waals surface area contributed by atoms with Gasteiger partial charge >= 0.3 is 0 Å². The molecule has 5 heteroatoms. The average molecular weight is 389 g/mol. The van der Waals surface area contributed by atoms with Crippen LogP contribution in [0.3, 0.4) is 0 Å². The van der Waals surface area contributed by atoms with Crippen LogP contribution in [0.25, 0.3) is 0 Å². The molecule has 1 aromatic carbocycles. The summed E-state index contributed by atoms with van der Waals surface area (Å²) < 4.78 is 11.7. The standard InChI is InChI=1S/C23H36N2O3/c1-3-28-23(13-4-5-14-23)22(26)24-20-9-11-21(12-10-20)27-17-7-16-25-15-6-8-19(2)18-25/h9-12,19H,3-8,13-18H2,1-2H3,(H,24,26)/t19-/m0/s1. The first kappa shape index (κ1) is 21.1. The van der Waals surface area contributed by atoms with Crippen molar-refractivity contribution in [2.75, 3.05) is 38.2 Å². The summed E-state index contributed by atoms with van der Waals surface area (Å²) in [6.07, 6.45) is 7.45. The second-order valence-electron chi connectivity index (χ2n) is 8.36. The number of nitrogens with one attached hydrogen (secondary N) is 1. The van der Waals surface area contributed by atoms with E-state index in [9.17, 15) is 4.79 Å². The van der Waals surface area contributed by atoms with Crippen molar-refractivity contribution in [2.24, 2.45) is 5.92 Å². The molecule has 1 aromatic rings. The molecule has 156 valence electrons. The normalized spacial score (nSPS) is 22.1. The van der Waals surface area contributed by atoms with Crippen molar-refractivity contribution in [3.8, 4) is 5.75 Å². The lowest BCUT2D eigenvalue weighted by Gasteiger charge is -2.30. The van der Waals surface area contributed by atoms with E-state index in [-0.39, 0.29) is 5.91 Å². The van der Waals surface area contributed by atoms with Crippen LogP contribution in [0.15, 0.2) is 24.3 Å². The Labute approximate surface area is 169 Å². The Bertz CT molecular complexity index is 611. The lowest BCUT2D eigenvalue weighted by molar-refractivity contribution is -0.140. The van der Waals surface area contributed by atoms with Gasteiger partial charge in [-0.25, -0.2) is 0 Å². The molecule has 28 heavy (non-hydrogen) atoms. The van der Waals surface area contributed by atoms with Gasteiger partial charge in [0.25, 0.3) is 5.91 Å². The molecule has 1 atom stereocenters. The van der Waals surface area contributed by atoms with E-state index in [1.807, 2.05) is 31.2 Å². The summed E-state index contributed by atoms with van der Waals surface area (Å²) in [5.41, 5.74) is 0.154. The van der Waals surface area contributed by atoms with Crippen LogP contribution >= 0.6 is 0 Å². The minimum atomic E-state index is -0.643. The molecule has 1 amide bonds. The Morgan fingerprint density at radius 3 is 2.64 bits per heavy atom. The second kappa shape index (κ2) is 10.3. The summed E-state index contributed by atoms with van der Waals surface area (Å²) in [5.74, 6) is 1.66. The first-order valence-corrected chi connectivity index (χ1v) is 11.0. The summed E-state index contributed by atoms with van der Waals surface area (Å²) in [6, 6.07) is 7.68. The summed E-state index contributed by atoms with van der Waals surface area (Å²) >= 11 is 0. The number of carbonyl (C=O) groups is 1. The molecule has 2 aliphatic rings. The van der Waals surface area contributed by atoms with Gasteiger partial charge in [-0.2, -0.15) is 0 Å². The van der Waals surface area contributed by atoms with Crippen molar-refractivity contribution in [1.29, 1.82) is 0 Å². The fraction of sp³-hybridized carbons (Fsp3) is 0.696. The average Bonchev–Trinajstić information content (AvgIpc) is 3.17. The van der Waals surface area contributed by atoms with Gasteiger partial charge in [-0.05, 0) is 88.6 Å². The maximum Gasteiger partial charge on any atom is 0.256 e. The van der Waals surface area contributed by atoms with Gasteiger partial charge in [0.1, 0.15) is 11.4 Å². The maximum absolute atomic E-state index is 12.7. The molecule has 1 aliphatic heterocycles. The Hall–Kier alpha value is -1.59. The van der Waals surface area contributed by atoms with E-state index in [1.54, 1.807) is 0 Å². The van der Waals surface area contributed by atoms with Crippen LogP contribution in [0.4, 0.5) is 5.69 Å². The Morgan fingerprint density at radius 2 is 1.96 bits per heavy atom. The molecule has 0 unspecified atom stereocenters. The van der Waals surface area contributed by atoms with Crippen LogP contribution in [-0.4, -0.2) is 49.3 Å². The van der Waals surface area contributed by atoms with E-state index in [1.165, 1.54) is 25.9 Å². The number of anilines is 1. The molecule has 1 N–H and O–H groups in total. The van der Waals surface area contributed by atoms with Crippen molar-refractivity contribution < 1.29 is 14.3 Å². The third kappa shape index (κ3) is 5.71. The number of rotatable bonds is 9. The molecule has 0 bridgehead atoms. The van der Waals surface area contributed by atoms with Crippen LogP contribution in [0.2, 0.25) is 0 Å². The fourth-order valence-corrected chi connectivity index (χ4v) is 4.51. The summed E-state index contributed by atoms with van der Waals surface area (Å²) in [5, 5.41) is 3.02. The van der Waals surface area contributed by atoms with Crippen molar-refractivity contribution in [3.63, 3.8) is 0 Å². The van der Waals surface area contributed by atoms with Crippen molar-refractivity contribution >= 4 is 11.6 Å². The number of likely N-dealkylation sites (tertiary alicyclic amines) is 1. The van der Waals surface area contributed by atoms with Crippen LogP contribution in [0.1, 0.15) is 58.8 Å². The van der Waals surface area contributed by atoms with Crippen LogP contribution in [-0.2, 0) is 9.53 Å². The van der Waals surface area contributed by atoms with E-state index in [0.717, 1.165) is 62.6 Å². The van der Waals surface area contributed by atoms with Crippen LogP contribution in [0, 0.1) is 5.92 Å². The Balaban J connectivity index is 1.41. The molecule has 1 aliphatic carbocycles. The van der Waals surface area contributed by atoms with E-state index in [0.29, 0.717) is 6.61 Å². The molecule has 0 spiro atoms. The highest BCUT2D eigenvalue weighted by molar-refractivity contribution is 5.97. The quantitative estimate of drug-likeness (QED) is 0.634. The minimum absolute atomic E-state index is 0.0173. The number of amides is 1. The molecular weight excluding hydrogens is 352 g/mol. The van der Waals surface area contributed by atoms with Gasteiger partial charge in [0.05, 0.1) is 6.61 Å². The van der Waals surface area contributed by atoms with Crippen LogP contribution in [0.5, 0.6) is 5.75 Å². The van der Waals surface area contributed by atoms with E-state index in [2.05, 4.69) is 17.1 Å². The summed E-state index contributed by atoms with van der Waals surface area (Å²) in [4.78, 5) is 15.3. The van der Waals surface area contributed by atoms with Gasteiger partial charge < -0.3 is 19.7 Å². The molecule has 1 saturated carbocycles. The van der Waals surface area contributed by atoms with E-state index < -0.39 is 5.60 Å². The number of ether oxygens (including phenoxy) is 2. The Morgan fingerprint density at radius 1 is 1.21 bits per heavy atom. The largest absolute Gasteiger partial charge is 0.494 e. The number of benzene rings is 1. The predicted octanol–water partition coefficient (Wildman–Crippen LogP) is 4.48. The van der Waals surface area contributed by atoms with Gasteiger partial charge in [0.2, 0.25) is 0 Å². The minimum Gasteiger partial charge on any atom is -0.494 e. The highest BCUT2D eigenvalue weighted by atomic mass is 16.5. The molecule has 1 saturated heterocycles. The van der Waals surface area contributed by atoms with E-state index in [4.69, 9.17) is 9.47 Å². The van der Waals surface area contributed by atoms with Gasteiger partial charge in [-0.3, -0.25) is 4.79 Å². The molecular formula is C23H36N2O3. The van der Waals surface area contributed by atoms with Crippen molar-refractivity contribution in [2.45, 2.75) is 64.4 Å². The SMILES string of the molecule is CCOC1(C(=O)Nc2ccc(OCCCN3CCC[C@H](C)C3)cc2)CCCC1. The van der Waals surface area contributed by atoms with Crippen molar-refractivity contribution in [1.82, 2.24) is 4.90 Å². The highest BCUT2D eigenvalue weighted by Gasteiger charge is 2.41. The van der Waals surface area contributed by atoms with Gasteiger partial charge in [0, 0.05) is 25.4 Å². The second-order valence-corrected chi connectivity index (χ2v) is 8.36. The Kier molecular flexibility index (Phi) is 7.74. The highest BCUT2D eigenvalue weighted by Crippen LogP contribution is 2.34. The molecule has 1 heterocycles. The summed E-state index contributed by atoms with van der Waals surface area (Å²) in [6.45, 7) is 9.13. The number of hydrogen-bond acceptors (Lipinski definition) is 4. The lowest BCUT2D eigenvalue weighted by Crippen LogP contribution is -2.43. The van der Waals surface area contributed by atoms with Gasteiger partial charge in [-0.15, -0.1) is 0 Å². The smallest absolute Gasteiger partial charge is 0.256 e. The fourth-order valence-electron chi connectivity index (χ4n) is 4.51. The first-order chi connectivity index (χ1) is 13.6. The number of hydrogen-bond donors (Lipinski definition) is 1. The zero-order valence-corrected chi connectivity index (χ0v) is 17.5. The molecule has 2 fully saturated rings. The number of piperidine rings is 1. The number of carbonyl (C=O) groups excluding carboxylic acids is 1. The maximum atomic E-state index is 12.7. The van der Waals surface area contributed by atoms with Crippen molar-refractivity contribution in [3.05, 3.63) is 24.3 Å². The predicted molar refractivity (Wildman–Crippen MR) is 113 cm³/mol. The molecule has 0 aromatic heterocycles. The molecule has 3 rings (SSSR count). The molecule has 5 nitrogen and oxygen atoms in total. The van der Waals surface area contributed by atoms with Gasteiger partial charge in [0.15, 0.2) is 0 Å². The third-order valence-corrected chi connectivity index (χ3v) is 5.99. The summed E-state index contributed by atoms with van der Waals surface area (Å²) in [7, 11) is 0. The topological polar surface area (TPSA) is 50.8 Å². The van der Waals surface area contributed by atoms with Crippen LogP contribution < -0.4 is 10.1 Å². The zero-order chi connectivity index (χ0) is 19.8. The lowest BCUT2D eigenvalue weighted by atomic mass is 10.0. The van der Waals surface area contributed by atoms with Gasteiger partial charge in [-0.1, -0.05) is 6.92 Å². The monoisotopic (exact) mass is 388 g/mol. The third-order valence-electron chi connectivity index (χ3n) is 5.99. The molecule has 0 radical (unpaired) electrons. The zero-order valence-electron chi connectivity index (χ0n) is 17.5.